The lowest BCUT2D eigenvalue weighted by atomic mass is 9.92. The van der Waals surface area contributed by atoms with Crippen LogP contribution in [0, 0.1) is 5.41 Å². The van der Waals surface area contributed by atoms with Gasteiger partial charge in [0, 0.05) is 31.4 Å². The molecule has 5 nitrogen and oxygen atoms in total. The molecule has 2 heterocycles. The molecule has 106 valence electrons. The zero-order chi connectivity index (χ0) is 14.8. The SMILES string of the molecule is CN(C(=O)CC(C)(C)C)c1nnc(-c2cccnc2)s1. The number of hydrogen-bond acceptors (Lipinski definition) is 5. The predicted molar refractivity (Wildman–Crippen MR) is 80.6 cm³/mol. The van der Waals surface area contributed by atoms with Crippen LogP contribution in [0.3, 0.4) is 0 Å². The van der Waals surface area contributed by atoms with Gasteiger partial charge in [-0.2, -0.15) is 0 Å². The van der Waals surface area contributed by atoms with Crippen LogP contribution in [0.5, 0.6) is 0 Å². The summed E-state index contributed by atoms with van der Waals surface area (Å²) in [4.78, 5) is 17.8. The van der Waals surface area contributed by atoms with Crippen LogP contribution in [0.25, 0.3) is 10.6 Å². The molecule has 0 aromatic carbocycles. The van der Waals surface area contributed by atoms with Crippen molar-refractivity contribution in [2.45, 2.75) is 27.2 Å². The summed E-state index contributed by atoms with van der Waals surface area (Å²) in [5.41, 5.74) is 0.871. The molecule has 0 N–H and O–H groups in total. The first-order valence-corrected chi connectivity index (χ1v) is 7.19. The minimum atomic E-state index is -0.0395. The highest BCUT2D eigenvalue weighted by Gasteiger charge is 2.22. The second kappa shape index (κ2) is 5.66. The molecule has 0 spiro atoms. The molecule has 0 aliphatic carbocycles. The van der Waals surface area contributed by atoms with Gasteiger partial charge < -0.3 is 0 Å². The van der Waals surface area contributed by atoms with E-state index in [2.05, 4.69) is 15.2 Å². The van der Waals surface area contributed by atoms with E-state index in [1.807, 2.05) is 32.9 Å². The molecular weight excluding hydrogens is 272 g/mol. The minimum absolute atomic E-state index is 0.0395. The average molecular weight is 290 g/mol. The summed E-state index contributed by atoms with van der Waals surface area (Å²) < 4.78 is 0. The molecule has 6 heteroatoms. The fourth-order valence-electron chi connectivity index (χ4n) is 1.64. The lowest BCUT2D eigenvalue weighted by molar-refractivity contribution is -0.120. The Kier molecular flexibility index (Phi) is 4.13. The number of rotatable bonds is 3. The maximum atomic E-state index is 12.2. The molecule has 0 saturated heterocycles. The third-order valence-electron chi connectivity index (χ3n) is 2.67. The second-order valence-corrected chi connectivity index (χ2v) is 6.78. The van der Waals surface area contributed by atoms with Crippen molar-refractivity contribution in [3.8, 4) is 10.6 Å². The molecular formula is C14H18N4OS. The minimum Gasteiger partial charge on any atom is -0.290 e. The van der Waals surface area contributed by atoms with Gasteiger partial charge in [-0.05, 0) is 17.5 Å². The number of carbonyl (C=O) groups is 1. The summed E-state index contributed by atoms with van der Waals surface area (Å²) >= 11 is 1.39. The maximum absolute atomic E-state index is 12.2. The maximum Gasteiger partial charge on any atom is 0.229 e. The van der Waals surface area contributed by atoms with E-state index >= 15 is 0 Å². The van der Waals surface area contributed by atoms with Crippen molar-refractivity contribution in [1.82, 2.24) is 15.2 Å². The molecule has 0 radical (unpaired) electrons. The molecule has 2 aromatic heterocycles. The third-order valence-corrected chi connectivity index (χ3v) is 3.71. The fraction of sp³-hybridized carbons (Fsp3) is 0.429. The van der Waals surface area contributed by atoms with E-state index in [1.54, 1.807) is 24.3 Å². The van der Waals surface area contributed by atoms with Crippen molar-refractivity contribution in [3.63, 3.8) is 0 Å². The molecule has 0 aliphatic heterocycles. The molecule has 0 fully saturated rings. The third kappa shape index (κ3) is 3.60. The van der Waals surface area contributed by atoms with Gasteiger partial charge in [-0.1, -0.05) is 32.1 Å². The summed E-state index contributed by atoms with van der Waals surface area (Å²) in [6.45, 7) is 6.12. The Bertz CT molecular complexity index is 589. The van der Waals surface area contributed by atoms with E-state index in [4.69, 9.17) is 0 Å². The van der Waals surface area contributed by atoms with Crippen LogP contribution in [0.1, 0.15) is 27.2 Å². The Morgan fingerprint density at radius 3 is 2.70 bits per heavy atom. The lowest BCUT2D eigenvalue weighted by Crippen LogP contribution is -2.29. The highest BCUT2D eigenvalue weighted by Crippen LogP contribution is 2.29. The normalized spacial score (nSPS) is 11.4. The molecule has 1 amide bonds. The van der Waals surface area contributed by atoms with Gasteiger partial charge in [0.05, 0.1) is 0 Å². The van der Waals surface area contributed by atoms with Crippen molar-refractivity contribution in [2.24, 2.45) is 5.41 Å². The van der Waals surface area contributed by atoms with Crippen LogP contribution >= 0.6 is 11.3 Å². The second-order valence-electron chi connectivity index (χ2n) is 5.82. The van der Waals surface area contributed by atoms with Crippen LogP contribution < -0.4 is 4.90 Å². The summed E-state index contributed by atoms with van der Waals surface area (Å²) in [6, 6.07) is 3.78. The quantitative estimate of drug-likeness (QED) is 0.872. The van der Waals surface area contributed by atoms with Crippen LogP contribution in [0.2, 0.25) is 0 Å². The highest BCUT2D eigenvalue weighted by atomic mass is 32.1. The van der Waals surface area contributed by atoms with Crippen molar-refractivity contribution in [1.29, 1.82) is 0 Å². The Hall–Kier alpha value is -1.82. The average Bonchev–Trinajstić information content (AvgIpc) is 2.86. The van der Waals surface area contributed by atoms with Crippen molar-refractivity contribution < 1.29 is 4.79 Å². The van der Waals surface area contributed by atoms with Crippen molar-refractivity contribution in [3.05, 3.63) is 24.5 Å². The number of anilines is 1. The first-order chi connectivity index (χ1) is 9.37. The van der Waals surface area contributed by atoms with Gasteiger partial charge in [-0.15, -0.1) is 10.2 Å². The Balaban J connectivity index is 2.15. The molecule has 0 aliphatic rings. The van der Waals surface area contributed by atoms with E-state index in [0.29, 0.717) is 11.6 Å². The Morgan fingerprint density at radius 1 is 1.35 bits per heavy atom. The van der Waals surface area contributed by atoms with Crippen LogP contribution in [-0.2, 0) is 4.79 Å². The monoisotopic (exact) mass is 290 g/mol. The fourth-order valence-corrected chi connectivity index (χ4v) is 2.45. The Labute approximate surface area is 122 Å². The van der Waals surface area contributed by atoms with Gasteiger partial charge in [0.2, 0.25) is 11.0 Å². The summed E-state index contributed by atoms with van der Waals surface area (Å²) in [7, 11) is 1.74. The largest absolute Gasteiger partial charge is 0.290 e. The summed E-state index contributed by atoms with van der Waals surface area (Å²) in [5.74, 6) is 0.0476. The van der Waals surface area contributed by atoms with Gasteiger partial charge in [0.25, 0.3) is 0 Å². The number of hydrogen-bond donors (Lipinski definition) is 0. The van der Waals surface area contributed by atoms with E-state index < -0.39 is 0 Å². The first-order valence-electron chi connectivity index (χ1n) is 6.37. The zero-order valence-corrected chi connectivity index (χ0v) is 12.9. The molecule has 2 aromatic rings. The van der Waals surface area contributed by atoms with Crippen molar-refractivity contribution in [2.75, 3.05) is 11.9 Å². The summed E-state index contributed by atoms with van der Waals surface area (Å²) in [5, 5.41) is 9.59. The lowest BCUT2D eigenvalue weighted by Gasteiger charge is -2.21. The number of nitrogens with zero attached hydrogens (tertiary/aromatic N) is 4. The molecule has 0 bridgehead atoms. The van der Waals surface area contributed by atoms with E-state index in [0.717, 1.165) is 10.6 Å². The molecule has 0 saturated carbocycles. The number of pyridine rings is 1. The molecule has 2 rings (SSSR count). The molecule has 0 atom stereocenters. The highest BCUT2D eigenvalue weighted by molar-refractivity contribution is 7.18. The molecule has 20 heavy (non-hydrogen) atoms. The standard InChI is InChI=1S/C14H18N4OS/c1-14(2,3)8-11(19)18(4)13-17-16-12(20-13)10-6-5-7-15-9-10/h5-7,9H,8H2,1-4H3. The molecule has 0 unspecified atom stereocenters. The number of carbonyl (C=O) groups excluding carboxylic acids is 1. The smallest absolute Gasteiger partial charge is 0.229 e. The first kappa shape index (κ1) is 14.6. The van der Waals surface area contributed by atoms with Gasteiger partial charge in [0.15, 0.2) is 5.01 Å². The van der Waals surface area contributed by atoms with E-state index in [-0.39, 0.29) is 11.3 Å². The topological polar surface area (TPSA) is 59.0 Å². The predicted octanol–water partition coefficient (Wildman–Crippen LogP) is 3.00. The van der Waals surface area contributed by atoms with E-state index in [9.17, 15) is 4.79 Å². The van der Waals surface area contributed by atoms with Gasteiger partial charge >= 0.3 is 0 Å². The number of aromatic nitrogens is 3. The van der Waals surface area contributed by atoms with E-state index in [1.165, 1.54) is 11.3 Å². The zero-order valence-electron chi connectivity index (χ0n) is 12.1. The van der Waals surface area contributed by atoms with Crippen LogP contribution in [0.4, 0.5) is 5.13 Å². The number of amides is 1. The Morgan fingerprint density at radius 2 is 2.10 bits per heavy atom. The van der Waals surface area contributed by atoms with Crippen LogP contribution in [-0.4, -0.2) is 28.1 Å². The van der Waals surface area contributed by atoms with Gasteiger partial charge in [-0.3, -0.25) is 14.7 Å². The van der Waals surface area contributed by atoms with Crippen LogP contribution in [0.15, 0.2) is 24.5 Å². The van der Waals surface area contributed by atoms with Gasteiger partial charge in [-0.25, -0.2) is 0 Å². The van der Waals surface area contributed by atoms with Gasteiger partial charge in [0.1, 0.15) is 0 Å². The van der Waals surface area contributed by atoms with Crippen molar-refractivity contribution >= 4 is 22.4 Å². The summed E-state index contributed by atoms with van der Waals surface area (Å²) in [6.07, 6.45) is 3.93.